The van der Waals surface area contributed by atoms with Gasteiger partial charge in [-0.05, 0) is 104 Å². The number of aromatic hydroxyl groups is 1. The second-order valence-electron chi connectivity index (χ2n) is 22.4. The molecule has 0 bridgehead atoms. The predicted octanol–water partition coefficient (Wildman–Crippen LogP) is 2.76. The summed E-state index contributed by atoms with van der Waals surface area (Å²) in [6.07, 6.45) is 3.77. The fourth-order valence-electron chi connectivity index (χ4n) is 10.9. The average Bonchev–Trinajstić information content (AvgIpc) is 2.89. The van der Waals surface area contributed by atoms with E-state index in [1.54, 1.807) is 31.5 Å². The van der Waals surface area contributed by atoms with Crippen LogP contribution in [-0.2, 0) is 64.0 Å². The van der Waals surface area contributed by atoms with Crippen molar-refractivity contribution in [1.82, 2.24) is 51.7 Å². The number of likely N-dealkylation sites (tertiary alicyclic amines) is 1. The van der Waals surface area contributed by atoms with Gasteiger partial charge in [0.05, 0.1) is 6.61 Å². The summed E-state index contributed by atoms with van der Waals surface area (Å²) in [6.45, 7) is 5.20. The lowest BCUT2D eigenvalue weighted by Crippen LogP contribution is -2.61. The van der Waals surface area contributed by atoms with Crippen LogP contribution in [0.5, 0.6) is 5.75 Å². The standard InChI is InChI=1S/C63H79F2N13O10/c1-5-68-59(85)53-17-11-27-78(53)62(88)48(16-10-26-69-63(66)67)73-56(82)49(28-36(2)3)74-58(84)51(31-40-34-71-47-15-9-7-13-44(40)47)75-60(86)54(29-37-18-23-42(80)24-19-37)77(4)61(87)52(35-79)76-57(83)50(30-39-33-70-46-14-8-6-12-43(39)46)72-55(81)25-21-38-20-22-41(64)32-45(38)65/h6-9,12-15,18-20,22-24,32-34,36,48-54,70-71,79-80H,5,10-11,16-17,21,25-31,35H2,1-4H3,(H,68,85)(H,72,81)(H,73,82)(H,74,84)(H,75,86)(H,76,83)(H4,66,67,69)/t48-,49-,50+,51+,52-,53-,54-/m0/s1. The Hall–Kier alpha value is -9.39. The molecule has 88 heavy (non-hydrogen) atoms. The molecule has 4 aromatic carbocycles. The summed E-state index contributed by atoms with van der Waals surface area (Å²) in [5, 5.41) is 39.1. The van der Waals surface area contributed by atoms with Crippen LogP contribution in [0.1, 0.15) is 81.5 Å². The number of fused-ring (bicyclic) bond motifs is 2. The summed E-state index contributed by atoms with van der Waals surface area (Å²) in [7, 11) is 1.27. The number of hydrogen-bond acceptors (Lipinski definition) is 11. The number of aromatic amines is 2. The summed E-state index contributed by atoms with van der Waals surface area (Å²) in [4.78, 5) is 128. The van der Waals surface area contributed by atoms with Crippen molar-refractivity contribution >= 4 is 75.0 Å². The van der Waals surface area contributed by atoms with Gasteiger partial charge in [-0.1, -0.05) is 68.4 Å². The van der Waals surface area contributed by atoms with E-state index in [0.29, 0.717) is 42.1 Å². The second kappa shape index (κ2) is 31.3. The molecule has 7 rings (SSSR count). The van der Waals surface area contributed by atoms with Crippen LogP contribution in [0.15, 0.2) is 108 Å². The predicted molar refractivity (Wildman–Crippen MR) is 327 cm³/mol. The quantitative estimate of drug-likeness (QED) is 0.0176. The van der Waals surface area contributed by atoms with Gasteiger partial charge in [-0.3, -0.25) is 43.3 Å². The van der Waals surface area contributed by atoms with Gasteiger partial charge >= 0.3 is 0 Å². The Bertz CT molecular complexity index is 3460. The highest BCUT2D eigenvalue weighted by Gasteiger charge is 2.40. The summed E-state index contributed by atoms with van der Waals surface area (Å²) < 4.78 is 28.3. The molecule has 0 unspecified atom stereocenters. The van der Waals surface area contributed by atoms with Crippen molar-refractivity contribution in [1.29, 1.82) is 0 Å². The smallest absolute Gasteiger partial charge is 0.247 e. The van der Waals surface area contributed by atoms with Crippen molar-refractivity contribution in [3.05, 3.63) is 137 Å². The van der Waals surface area contributed by atoms with Gasteiger partial charge in [0.15, 0.2) is 5.96 Å². The minimum Gasteiger partial charge on any atom is -0.508 e. The molecule has 1 aliphatic rings. The normalized spacial score (nSPS) is 15.1. The van der Waals surface area contributed by atoms with E-state index >= 15 is 9.59 Å². The SMILES string of the molecule is CCNC(=O)[C@@H]1CCCN1C(=O)[C@H](CCCN=C(N)N)NC(=O)[C@H](CC(C)C)NC(=O)[C@@H](Cc1c[nH]c2ccccc12)NC(=O)[C@H](Cc1ccc(O)cc1)N(C)C(=O)[C@H](CO)NC(=O)[C@@H](Cc1c[nH]c2ccccc12)NC(=O)CCc1ccc(F)cc1F. The minimum absolute atomic E-state index is 0.0662. The third kappa shape index (κ3) is 17.9. The topological polar surface area (TPSA) is 352 Å². The fraction of sp³-hybridized carbons (Fsp3) is 0.413. The number of halogens is 2. The number of benzene rings is 4. The zero-order chi connectivity index (χ0) is 63.6. The molecule has 0 radical (unpaired) electrons. The number of nitrogens with one attached hydrogen (secondary N) is 8. The fourth-order valence-corrected chi connectivity index (χ4v) is 10.9. The monoisotopic (exact) mass is 1220 g/mol. The number of carbonyl (C=O) groups is 8. The number of H-pyrrole nitrogens is 2. The summed E-state index contributed by atoms with van der Waals surface area (Å²) in [5.41, 5.74) is 14.3. The number of carbonyl (C=O) groups excluding carboxylic acids is 8. The zero-order valence-corrected chi connectivity index (χ0v) is 49.7. The van der Waals surface area contributed by atoms with Gasteiger partial charge in [0.25, 0.3) is 0 Å². The highest BCUT2D eigenvalue weighted by Crippen LogP contribution is 2.24. The van der Waals surface area contributed by atoms with Gasteiger partial charge in [0.2, 0.25) is 47.3 Å². The number of rotatable bonds is 30. The van der Waals surface area contributed by atoms with Crippen LogP contribution in [0.25, 0.3) is 21.8 Å². The summed E-state index contributed by atoms with van der Waals surface area (Å²) in [5.74, 6) is -7.87. The van der Waals surface area contributed by atoms with Crippen molar-refractivity contribution < 1.29 is 57.4 Å². The first kappa shape index (κ1) is 66.1. The molecule has 0 spiro atoms. The maximum Gasteiger partial charge on any atom is 0.247 e. The van der Waals surface area contributed by atoms with Crippen LogP contribution in [0.4, 0.5) is 8.78 Å². The molecule has 0 aliphatic carbocycles. The number of guanidine groups is 1. The van der Waals surface area contributed by atoms with Crippen LogP contribution in [-0.4, -0.2) is 159 Å². The molecule has 0 saturated carbocycles. The molecule has 7 atom stereocenters. The number of phenolic OH excluding ortho intramolecular Hbond substituents is 1. The van der Waals surface area contributed by atoms with E-state index < -0.39 is 102 Å². The Labute approximate surface area is 508 Å². The number of nitrogens with zero attached hydrogens (tertiary/aromatic N) is 3. The van der Waals surface area contributed by atoms with E-state index in [-0.39, 0.29) is 93.6 Å². The molecule has 23 nitrogen and oxygen atoms in total. The Morgan fingerprint density at radius 2 is 1.31 bits per heavy atom. The molecule has 3 heterocycles. The Balaban J connectivity index is 1.16. The first-order valence-corrected chi connectivity index (χ1v) is 29.5. The maximum absolute atomic E-state index is 15.2. The number of nitrogens with two attached hydrogens (primary N) is 2. The number of likely N-dealkylation sites (N-methyl/N-ethyl adjacent to an activating group) is 2. The van der Waals surface area contributed by atoms with Gasteiger partial charge in [-0.15, -0.1) is 0 Å². The van der Waals surface area contributed by atoms with Crippen LogP contribution in [0, 0.1) is 17.6 Å². The lowest BCUT2D eigenvalue weighted by atomic mass is 9.99. The number of aromatic nitrogens is 2. The maximum atomic E-state index is 15.2. The van der Waals surface area contributed by atoms with Crippen molar-refractivity contribution in [2.75, 3.05) is 33.3 Å². The summed E-state index contributed by atoms with van der Waals surface area (Å²) >= 11 is 0. The second-order valence-corrected chi connectivity index (χ2v) is 22.4. The lowest BCUT2D eigenvalue weighted by molar-refractivity contribution is -0.144. The molecule has 1 aliphatic heterocycles. The van der Waals surface area contributed by atoms with Crippen LogP contribution in [0.2, 0.25) is 0 Å². The number of amides is 8. The van der Waals surface area contributed by atoms with Crippen molar-refractivity contribution in [2.24, 2.45) is 22.4 Å². The van der Waals surface area contributed by atoms with Crippen molar-refractivity contribution in [3.63, 3.8) is 0 Å². The molecular weight excluding hydrogens is 1140 g/mol. The highest BCUT2D eigenvalue weighted by atomic mass is 19.1. The number of phenols is 1. The lowest BCUT2D eigenvalue weighted by Gasteiger charge is -2.32. The molecule has 14 N–H and O–H groups in total. The van der Waals surface area contributed by atoms with E-state index in [0.717, 1.165) is 32.8 Å². The van der Waals surface area contributed by atoms with Crippen LogP contribution in [0.3, 0.4) is 0 Å². The number of aliphatic hydroxyl groups is 1. The Kier molecular flexibility index (Phi) is 23.5. The third-order valence-corrected chi connectivity index (χ3v) is 15.5. The Morgan fingerprint density at radius 1 is 0.727 bits per heavy atom. The zero-order valence-electron chi connectivity index (χ0n) is 49.7. The van der Waals surface area contributed by atoms with Crippen molar-refractivity contribution in [2.45, 2.75) is 127 Å². The molecule has 470 valence electrons. The van der Waals surface area contributed by atoms with Gasteiger partial charge < -0.3 is 73.3 Å². The van der Waals surface area contributed by atoms with Gasteiger partial charge in [0, 0.05) is 92.6 Å². The summed E-state index contributed by atoms with van der Waals surface area (Å²) in [6, 6.07) is 14.0. The van der Waals surface area contributed by atoms with E-state index in [1.807, 2.05) is 50.2 Å². The molecule has 6 aromatic rings. The van der Waals surface area contributed by atoms with Crippen LogP contribution >= 0.6 is 0 Å². The van der Waals surface area contributed by atoms with Crippen molar-refractivity contribution in [3.8, 4) is 5.75 Å². The average molecular weight is 1220 g/mol. The van der Waals surface area contributed by atoms with Crippen LogP contribution < -0.4 is 43.4 Å². The Morgan fingerprint density at radius 3 is 1.90 bits per heavy atom. The van der Waals surface area contributed by atoms with Gasteiger partial charge in [-0.25, -0.2) is 8.78 Å². The van der Waals surface area contributed by atoms with E-state index in [2.05, 4.69) is 46.9 Å². The number of aryl methyl sites for hydroxylation is 1. The molecule has 1 saturated heterocycles. The van der Waals surface area contributed by atoms with Gasteiger partial charge in [0.1, 0.15) is 59.7 Å². The molecule has 2 aromatic heterocycles. The largest absolute Gasteiger partial charge is 0.508 e. The number of aliphatic imine (C=N–C) groups is 1. The van der Waals surface area contributed by atoms with Gasteiger partial charge in [-0.2, -0.15) is 0 Å². The molecule has 1 fully saturated rings. The molecular formula is C63H79F2N13O10. The van der Waals surface area contributed by atoms with E-state index in [9.17, 15) is 47.8 Å². The number of para-hydroxylation sites is 2. The van der Waals surface area contributed by atoms with E-state index in [4.69, 9.17) is 11.5 Å². The van der Waals surface area contributed by atoms with E-state index in [1.165, 1.54) is 42.3 Å². The number of aliphatic hydroxyl groups excluding tert-OH is 1. The molecule has 25 heteroatoms. The third-order valence-electron chi connectivity index (χ3n) is 15.5. The minimum atomic E-state index is -1.73. The first-order valence-electron chi connectivity index (χ1n) is 29.5. The molecule has 8 amide bonds. The highest BCUT2D eigenvalue weighted by molar-refractivity contribution is 5.99. The number of hydrogen-bond donors (Lipinski definition) is 12. The first-order chi connectivity index (χ1) is 42.1.